The van der Waals surface area contributed by atoms with E-state index in [1.807, 2.05) is 12.1 Å². The van der Waals surface area contributed by atoms with Gasteiger partial charge in [0.15, 0.2) is 11.6 Å². The molecule has 4 aromatic carbocycles. The van der Waals surface area contributed by atoms with Gasteiger partial charge in [-0.1, -0.05) is 72.8 Å². The van der Waals surface area contributed by atoms with Gasteiger partial charge in [0.25, 0.3) is 5.91 Å². The van der Waals surface area contributed by atoms with Crippen LogP contribution in [0.15, 0.2) is 97.1 Å². The topological polar surface area (TPSA) is 108 Å². The average molecular weight is 545 g/mol. The second-order valence-electron chi connectivity index (χ2n) is 8.90. The number of ether oxygens (including phenoxy) is 2. The number of carbonyl (C=O) groups excluding carboxylic acids is 3. The van der Waals surface area contributed by atoms with Crippen LogP contribution in [-0.2, 0) is 32.3 Å². The van der Waals surface area contributed by atoms with Crippen LogP contribution in [0.2, 0.25) is 0 Å². The van der Waals surface area contributed by atoms with Crippen molar-refractivity contribution in [2.24, 2.45) is 0 Å². The van der Waals surface area contributed by atoms with Gasteiger partial charge in [0.05, 0.1) is 12.0 Å². The lowest BCUT2D eigenvalue weighted by Gasteiger charge is -2.18. The van der Waals surface area contributed by atoms with E-state index in [1.54, 1.807) is 48.5 Å². The van der Waals surface area contributed by atoms with Crippen molar-refractivity contribution >= 4 is 23.5 Å². The SMILES string of the molecule is Nc1cc(-c2ccc(F)c(F)c2)ccc1C(=O)N[C@H](CC(=O)OCc1ccccc1)C(=O)OCc1ccccc1. The molecule has 3 N–H and O–H groups in total. The second-order valence-corrected chi connectivity index (χ2v) is 8.90. The van der Waals surface area contributed by atoms with E-state index in [0.717, 1.165) is 23.3 Å². The summed E-state index contributed by atoms with van der Waals surface area (Å²) in [5, 5.41) is 2.51. The first kappa shape index (κ1) is 28.0. The van der Waals surface area contributed by atoms with E-state index in [4.69, 9.17) is 15.2 Å². The van der Waals surface area contributed by atoms with Gasteiger partial charge in [0.1, 0.15) is 19.3 Å². The molecule has 1 amide bonds. The fraction of sp³-hybridized carbons (Fsp3) is 0.129. The van der Waals surface area contributed by atoms with Crippen LogP contribution >= 0.6 is 0 Å². The van der Waals surface area contributed by atoms with Gasteiger partial charge < -0.3 is 20.5 Å². The first-order chi connectivity index (χ1) is 19.3. The van der Waals surface area contributed by atoms with E-state index in [9.17, 15) is 23.2 Å². The van der Waals surface area contributed by atoms with E-state index >= 15 is 0 Å². The minimum Gasteiger partial charge on any atom is -0.461 e. The summed E-state index contributed by atoms with van der Waals surface area (Å²) >= 11 is 0. The Bertz CT molecular complexity index is 1500. The number of rotatable bonds is 10. The van der Waals surface area contributed by atoms with Gasteiger partial charge in [-0.15, -0.1) is 0 Å². The number of halogens is 2. The number of carbonyl (C=O) groups is 3. The molecule has 4 aromatic rings. The van der Waals surface area contributed by atoms with Crippen LogP contribution in [-0.4, -0.2) is 23.9 Å². The second kappa shape index (κ2) is 13.1. The molecule has 0 saturated carbocycles. The van der Waals surface area contributed by atoms with Crippen LogP contribution in [0.25, 0.3) is 11.1 Å². The summed E-state index contributed by atoms with van der Waals surface area (Å²) in [4.78, 5) is 38.6. The molecule has 0 aliphatic heterocycles. The molecule has 0 radical (unpaired) electrons. The van der Waals surface area contributed by atoms with Gasteiger partial charge in [-0.3, -0.25) is 9.59 Å². The summed E-state index contributed by atoms with van der Waals surface area (Å²) in [6, 6.07) is 24.3. The van der Waals surface area contributed by atoms with Crippen LogP contribution in [0.4, 0.5) is 14.5 Å². The van der Waals surface area contributed by atoms with E-state index in [0.29, 0.717) is 11.1 Å². The summed E-state index contributed by atoms with van der Waals surface area (Å²) in [7, 11) is 0. The first-order valence-corrected chi connectivity index (χ1v) is 12.4. The number of benzene rings is 4. The molecule has 0 spiro atoms. The Balaban J connectivity index is 1.47. The number of nitrogen functional groups attached to an aromatic ring is 1. The van der Waals surface area contributed by atoms with Crippen LogP contribution in [0.1, 0.15) is 27.9 Å². The zero-order valence-corrected chi connectivity index (χ0v) is 21.3. The predicted octanol–water partition coefficient (Wildman–Crippen LogP) is 5.19. The van der Waals surface area contributed by atoms with E-state index in [2.05, 4.69) is 5.32 Å². The number of nitrogens with one attached hydrogen (secondary N) is 1. The highest BCUT2D eigenvalue weighted by Crippen LogP contribution is 2.26. The Labute approximate surface area is 229 Å². The molecular formula is C31H26F2N2O5. The van der Waals surface area contributed by atoms with Crippen LogP contribution in [0.3, 0.4) is 0 Å². The van der Waals surface area contributed by atoms with Gasteiger partial charge in [-0.2, -0.15) is 0 Å². The van der Waals surface area contributed by atoms with Crippen molar-refractivity contribution in [2.45, 2.75) is 25.7 Å². The average Bonchev–Trinajstić information content (AvgIpc) is 2.97. The normalized spacial score (nSPS) is 11.3. The lowest BCUT2D eigenvalue weighted by molar-refractivity contribution is -0.153. The van der Waals surface area contributed by atoms with Gasteiger partial charge in [-0.25, -0.2) is 13.6 Å². The summed E-state index contributed by atoms with van der Waals surface area (Å²) in [6.45, 7) is -0.0615. The lowest BCUT2D eigenvalue weighted by Crippen LogP contribution is -2.43. The zero-order chi connectivity index (χ0) is 28.5. The molecule has 7 nitrogen and oxygen atoms in total. The van der Waals surface area contributed by atoms with Crippen molar-refractivity contribution in [3.8, 4) is 11.1 Å². The number of anilines is 1. The quantitative estimate of drug-likeness (QED) is 0.210. The highest BCUT2D eigenvalue weighted by Gasteiger charge is 2.27. The largest absolute Gasteiger partial charge is 0.461 e. The molecule has 0 heterocycles. The van der Waals surface area contributed by atoms with E-state index in [1.165, 1.54) is 24.3 Å². The van der Waals surface area contributed by atoms with Crippen molar-refractivity contribution in [3.63, 3.8) is 0 Å². The Hall–Kier alpha value is -5.05. The number of hydrogen-bond acceptors (Lipinski definition) is 6. The minimum absolute atomic E-state index is 0.00219. The molecule has 9 heteroatoms. The summed E-state index contributed by atoms with van der Waals surface area (Å²) in [6.07, 6.45) is -0.473. The van der Waals surface area contributed by atoms with Gasteiger partial charge in [0.2, 0.25) is 0 Å². The van der Waals surface area contributed by atoms with E-state index < -0.39 is 41.9 Å². The summed E-state index contributed by atoms with van der Waals surface area (Å²) < 4.78 is 37.6. The molecule has 0 unspecified atom stereocenters. The monoisotopic (exact) mass is 544 g/mol. The third-order valence-corrected chi connectivity index (χ3v) is 5.98. The van der Waals surface area contributed by atoms with Crippen molar-refractivity contribution in [1.82, 2.24) is 5.32 Å². The Morgan fingerprint density at radius 1 is 0.725 bits per heavy atom. The van der Waals surface area contributed by atoms with Crippen molar-refractivity contribution < 1.29 is 32.6 Å². The maximum Gasteiger partial charge on any atom is 0.329 e. The molecular weight excluding hydrogens is 518 g/mol. The highest BCUT2D eigenvalue weighted by atomic mass is 19.2. The molecule has 4 rings (SSSR count). The predicted molar refractivity (Wildman–Crippen MR) is 145 cm³/mol. The molecule has 0 aliphatic carbocycles. The third kappa shape index (κ3) is 7.50. The maximum atomic E-state index is 13.7. The summed E-state index contributed by atoms with van der Waals surface area (Å²) in [5.41, 5.74) is 8.44. The highest BCUT2D eigenvalue weighted by molar-refractivity contribution is 6.02. The smallest absolute Gasteiger partial charge is 0.329 e. The molecule has 0 aromatic heterocycles. The number of nitrogens with two attached hydrogens (primary N) is 1. The van der Waals surface area contributed by atoms with Crippen molar-refractivity contribution in [1.29, 1.82) is 0 Å². The van der Waals surface area contributed by atoms with Crippen LogP contribution in [0, 0.1) is 11.6 Å². The van der Waals surface area contributed by atoms with E-state index in [-0.39, 0.29) is 24.5 Å². The molecule has 0 aliphatic rings. The molecule has 204 valence electrons. The number of esters is 2. The fourth-order valence-corrected chi connectivity index (χ4v) is 3.85. The zero-order valence-electron chi connectivity index (χ0n) is 21.3. The molecule has 0 fully saturated rings. The Morgan fingerprint density at radius 2 is 1.30 bits per heavy atom. The lowest BCUT2D eigenvalue weighted by atomic mass is 10.0. The van der Waals surface area contributed by atoms with Gasteiger partial charge >= 0.3 is 11.9 Å². The van der Waals surface area contributed by atoms with Gasteiger partial charge in [-0.05, 0) is 46.5 Å². The first-order valence-electron chi connectivity index (χ1n) is 12.4. The Morgan fingerprint density at radius 3 is 1.90 bits per heavy atom. The van der Waals surface area contributed by atoms with Crippen LogP contribution < -0.4 is 11.1 Å². The summed E-state index contributed by atoms with van der Waals surface area (Å²) in [5.74, 6) is -4.28. The van der Waals surface area contributed by atoms with Crippen molar-refractivity contribution in [2.75, 3.05) is 5.73 Å². The fourth-order valence-electron chi connectivity index (χ4n) is 3.85. The molecule has 0 saturated heterocycles. The number of amides is 1. The standard InChI is InChI=1S/C31H26F2N2O5/c32-25-14-12-22(15-26(25)33)23-11-13-24(27(34)16-23)30(37)35-28(31(38)40-19-21-9-5-2-6-10-21)17-29(36)39-18-20-7-3-1-4-8-20/h1-16,28H,17-19,34H2,(H,35,37)/t28-/m1/s1. The third-order valence-electron chi connectivity index (χ3n) is 5.98. The Kier molecular flexibility index (Phi) is 9.19. The number of hydrogen-bond donors (Lipinski definition) is 2. The molecule has 0 bridgehead atoms. The molecule has 40 heavy (non-hydrogen) atoms. The van der Waals surface area contributed by atoms with Crippen LogP contribution in [0.5, 0.6) is 0 Å². The maximum absolute atomic E-state index is 13.7. The molecule has 1 atom stereocenters. The minimum atomic E-state index is -1.36. The van der Waals surface area contributed by atoms with Gasteiger partial charge in [0, 0.05) is 5.69 Å². The van der Waals surface area contributed by atoms with Crippen molar-refractivity contribution in [3.05, 3.63) is 125 Å².